The van der Waals surface area contributed by atoms with Crippen molar-refractivity contribution in [2.24, 2.45) is 0 Å². The predicted octanol–water partition coefficient (Wildman–Crippen LogP) is 4.78. The van der Waals surface area contributed by atoms with Crippen LogP contribution in [-0.4, -0.2) is 35.6 Å². The average Bonchev–Trinajstić information content (AvgIpc) is 2.70. The van der Waals surface area contributed by atoms with E-state index in [4.69, 9.17) is 23.2 Å². The van der Waals surface area contributed by atoms with Gasteiger partial charge in [0.25, 0.3) is 0 Å². The summed E-state index contributed by atoms with van der Waals surface area (Å²) >= 11 is 13.8. The van der Waals surface area contributed by atoms with E-state index in [9.17, 15) is 9.59 Å². The highest BCUT2D eigenvalue weighted by Gasteiger charge is 2.27. The molecule has 0 aliphatic heterocycles. The lowest BCUT2D eigenvalue weighted by atomic mass is 10.1. The van der Waals surface area contributed by atoms with Gasteiger partial charge in [-0.3, -0.25) is 9.59 Å². The van der Waals surface area contributed by atoms with Crippen LogP contribution in [-0.2, 0) is 21.9 Å². The van der Waals surface area contributed by atoms with Gasteiger partial charge in [-0.1, -0.05) is 66.5 Å². The fourth-order valence-electron chi connectivity index (χ4n) is 2.86. The molecular weight excluding hydrogens is 415 g/mol. The zero-order valence-corrected chi connectivity index (χ0v) is 18.3. The highest BCUT2D eigenvalue weighted by molar-refractivity contribution is 7.99. The molecule has 2 aromatic rings. The standard InChI is InChI=1S/C21H24Cl2N2O2S/c1-3-19(21(27)24-2)25(12-15-8-5-4-6-9-15)20(26)14-28-13-16-17(22)10-7-11-18(16)23/h4-11,19H,3,12-14H2,1-2H3,(H,24,27). The molecule has 0 bridgehead atoms. The molecule has 2 rings (SSSR count). The first kappa shape index (κ1) is 22.6. The van der Waals surface area contributed by atoms with Gasteiger partial charge in [-0.15, -0.1) is 11.8 Å². The van der Waals surface area contributed by atoms with Crippen molar-refractivity contribution in [3.63, 3.8) is 0 Å². The van der Waals surface area contributed by atoms with Crippen molar-refractivity contribution in [3.05, 3.63) is 69.7 Å². The molecule has 150 valence electrons. The summed E-state index contributed by atoms with van der Waals surface area (Å²) in [7, 11) is 1.59. The molecule has 0 heterocycles. The van der Waals surface area contributed by atoms with E-state index < -0.39 is 6.04 Å². The van der Waals surface area contributed by atoms with Gasteiger partial charge in [-0.2, -0.15) is 0 Å². The van der Waals surface area contributed by atoms with Crippen LogP contribution in [0.25, 0.3) is 0 Å². The van der Waals surface area contributed by atoms with Gasteiger partial charge in [0.2, 0.25) is 11.8 Å². The first-order chi connectivity index (χ1) is 13.5. The minimum Gasteiger partial charge on any atom is -0.357 e. The van der Waals surface area contributed by atoms with Crippen LogP contribution < -0.4 is 5.32 Å². The second kappa shape index (κ2) is 11.3. The number of likely N-dealkylation sites (N-methyl/N-ethyl adjacent to an activating group) is 1. The van der Waals surface area contributed by atoms with Gasteiger partial charge in [0.1, 0.15) is 6.04 Å². The fraction of sp³-hybridized carbons (Fsp3) is 0.333. The van der Waals surface area contributed by atoms with Crippen molar-refractivity contribution in [3.8, 4) is 0 Å². The van der Waals surface area contributed by atoms with Gasteiger partial charge in [0.15, 0.2) is 0 Å². The van der Waals surface area contributed by atoms with Crippen LogP contribution in [0.3, 0.4) is 0 Å². The molecule has 4 nitrogen and oxygen atoms in total. The molecule has 0 aliphatic rings. The van der Waals surface area contributed by atoms with E-state index >= 15 is 0 Å². The smallest absolute Gasteiger partial charge is 0.242 e. The summed E-state index contributed by atoms with van der Waals surface area (Å²) in [6.07, 6.45) is 0.541. The third-order valence-corrected chi connectivity index (χ3v) is 6.01. The molecule has 7 heteroatoms. The van der Waals surface area contributed by atoms with Crippen molar-refractivity contribution in [2.75, 3.05) is 12.8 Å². The van der Waals surface area contributed by atoms with Gasteiger partial charge in [-0.05, 0) is 29.7 Å². The third kappa shape index (κ3) is 6.16. The number of hydrogen-bond acceptors (Lipinski definition) is 3. The van der Waals surface area contributed by atoms with E-state index in [2.05, 4.69) is 5.32 Å². The molecule has 0 aromatic heterocycles. The van der Waals surface area contributed by atoms with Crippen molar-refractivity contribution in [1.82, 2.24) is 10.2 Å². The third-order valence-electron chi connectivity index (χ3n) is 4.36. The molecule has 0 radical (unpaired) electrons. The Hall–Kier alpha value is -1.69. The van der Waals surface area contributed by atoms with E-state index in [1.54, 1.807) is 30.1 Å². The minimum absolute atomic E-state index is 0.0903. The molecule has 1 N–H and O–H groups in total. The average molecular weight is 439 g/mol. The Morgan fingerprint density at radius 1 is 1.07 bits per heavy atom. The number of thioether (sulfide) groups is 1. The lowest BCUT2D eigenvalue weighted by molar-refractivity contribution is -0.139. The molecule has 1 unspecified atom stereocenters. The molecule has 2 amide bonds. The Morgan fingerprint density at radius 2 is 1.71 bits per heavy atom. The summed E-state index contributed by atoms with van der Waals surface area (Å²) < 4.78 is 0. The Balaban J connectivity index is 2.10. The molecule has 1 atom stereocenters. The van der Waals surface area contributed by atoms with Crippen LogP contribution in [0.2, 0.25) is 10.0 Å². The molecule has 0 saturated heterocycles. The molecular formula is C21H24Cl2N2O2S. The SMILES string of the molecule is CCC(C(=O)NC)N(Cc1ccccc1)C(=O)CSCc1c(Cl)cccc1Cl. The Kier molecular flexibility index (Phi) is 9.16. The Morgan fingerprint density at radius 3 is 2.29 bits per heavy atom. The maximum atomic E-state index is 13.0. The van der Waals surface area contributed by atoms with Gasteiger partial charge in [-0.25, -0.2) is 0 Å². The van der Waals surface area contributed by atoms with Crippen molar-refractivity contribution in [1.29, 1.82) is 0 Å². The highest BCUT2D eigenvalue weighted by atomic mass is 35.5. The van der Waals surface area contributed by atoms with Crippen LogP contribution in [0.5, 0.6) is 0 Å². The van der Waals surface area contributed by atoms with Crippen LogP contribution in [0.1, 0.15) is 24.5 Å². The van der Waals surface area contributed by atoms with Crippen molar-refractivity contribution >= 4 is 46.8 Å². The van der Waals surface area contributed by atoms with Crippen LogP contribution >= 0.6 is 35.0 Å². The normalized spacial score (nSPS) is 11.7. The van der Waals surface area contributed by atoms with Crippen molar-refractivity contribution < 1.29 is 9.59 Å². The lowest BCUT2D eigenvalue weighted by Gasteiger charge is -2.30. The number of rotatable bonds is 9. The molecule has 2 aromatic carbocycles. The summed E-state index contributed by atoms with van der Waals surface area (Å²) in [6.45, 7) is 2.29. The summed E-state index contributed by atoms with van der Waals surface area (Å²) in [4.78, 5) is 27.0. The van der Waals surface area contributed by atoms with Gasteiger partial charge >= 0.3 is 0 Å². The van der Waals surface area contributed by atoms with Crippen LogP contribution in [0.15, 0.2) is 48.5 Å². The van der Waals surface area contributed by atoms with E-state index in [-0.39, 0.29) is 17.6 Å². The Labute approximate surface area is 180 Å². The largest absolute Gasteiger partial charge is 0.357 e. The predicted molar refractivity (Wildman–Crippen MR) is 118 cm³/mol. The van der Waals surface area contributed by atoms with Gasteiger partial charge in [0, 0.05) is 29.4 Å². The van der Waals surface area contributed by atoms with Crippen LogP contribution in [0, 0.1) is 0 Å². The molecule has 28 heavy (non-hydrogen) atoms. The maximum Gasteiger partial charge on any atom is 0.242 e. The van der Waals surface area contributed by atoms with E-state index in [0.29, 0.717) is 28.8 Å². The quantitative estimate of drug-likeness (QED) is 0.612. The lowest BCUT2D eigenvalue weighted by Crippen LogP contribution is -2.48. The summed E-state index contributed by atoms with van der Waals surface area (Å²) in [6, 6.07) is 14.5. The number of hydrogen-bond donors (Lipinski definition) is 1. The highest BCUT2D eigenvalue weighted by Crippen LogP contribution is 2.28. The first-order valence-electron chi connectivity index (χ1n) is 9.03. The number of carbonyl (C=O) groups excluding carboxylic acids is 2. The fourth-order valence-corrected chi connectivity index (χ4v) is 4.51. The zero-order chi connectivity index (χ0) is 20.5. The van der Waals surface area contributed by atoms with Crippen LogP contribution in [0.4, 0.5) is 0 Å². The summed E-state index contributed by atoms with van der Waals surface area (Å²) in [5, 5.41) is 3.84. The van der Waals surface area contributed by atoms with E-state index in [1.165, 1.54) is 11.8 Å². The topological polar surface area (TPSA) is 49.4 Å². The van der Waals surface area contributed by atoms with E-state index in [1.807, 2.05) is 37.3 Å². The second-order valence-corrected chi connectivity index (χ2v) is 8.04. The Bertz CT molecular complexity index is 782. The molecule has 0 fully saturated rings. The summed E-state index contributed by atoms with van der Waals surface area (Å²) in [5.74, 6) is 0.514. The van der Waals surface area contributed by atoms with Gasteiger partial charge in [0.05, 0.1) is 5.75 Å². The number of amides is 2. The number of benzene rings is 2. The molecule has 0 saturated carbocycles. The second-order valence-electron chi connectivity index (χ2n) is 6.24. The summed E-state index contributed by atoms with van der Waals surface area (Å²) in [5.41, 5.74) is 1.80. The zero-order valence-electron chi connectivity index (χ0n) is 16.0. The van der Waals surface area contributed by atoms with Crippen molar-refractivity contribution in [2.45, 2.75) is 31.7 Å². The van der Waals surface area contributed by atoms with Gasteiger partial charge < -0.3 is 10.2 Å². The monoisotopic (exact) mass is 438 g/mol. The first-order valence-corrected chi connectivity index (χ1v) is 10.9. The van der Waals surface area contributed by atoms with E-state index in [0.717, 1.165) is 11.1 Å². The maximum absolute atomic E-state index is 13.0. The molecule has 0 aliphatic carbocycles. The molecule has 0 spiro atoms. The number of nitrogens with zero attached hydrogens (tertiary/aromatic N) is 1. The number of halogens is 2. The minimum atomic E-state index is -0.512. The number of nitrogens with one attached hydrogen (secondary N) is 1. The number of carbonyl (C=O) groups is 2.